The van der Waals surface area contributed by atoms with Gasteiger partial charge in [0.25, 0.3) is 0 Å². The van der Waals surface area contributed by atoms with Crippen molar-refractivity contribution in [3.05, 3.63) is 60.2 Å². The van der Waals surface area contributed by atoms with Gasteiger partial charge in [0.1, 0.15) is 0 Å². The van der Waals surface area contributed by atoms with E-state index in [0.29, 0.717) is 12.6 Å². The Balaban J connectivity index is 1.81. The van der Waals surface area contributed by atoms with Gasteiger partial charge in [-0.1, -0.05) is 54.6 Å². The molecule has 0 aromatic heterocycles. The molecule has 0 bridgehead atoms. The highest BCUT2D eigenvalue weighted by Gasteiger charge is 2.21. The second-order valence-corrected chi connectivity index (χ2v) is 5.48. The van der Waals surface area contributed by atoms with Gasteiger partial charge in [0, 0.05) is 12.6 Å². The minimum absolute atomic E-state index is 0.377. The van der Waals surface area contributed by atoms with Crippen LogP contribution in [0.1, 0.15) is 24.4 Å². The van der Waals surface area contributed by atoms with E-state index in [1.807, 2.05) is 0 Å². The molecule has 1 fully saturated rings. The molecule has 2 nitrogen and oxygen atoms in total. The van der Waals surface area contributed by atoms with Gasteiger partial charge in [0.15, 0.2) is 0 Å². The van der Waals surface area contributed by atoms with Gasteiger partial charge in [0.2, 0.25) is 0 Å². The molecule has 3 rings (SSSR count). The Hall–Kier alpha value is -1.64. The minimum Gasteiger partial charge on any atom is -0.329 e. The molecular weight excluding hydrogens is 244 g/mol. The number of hydrogen-bond acceptors (Lipinski definition) is 2. The maximum Gasteiger partial charge on any atom is 0.0470 e. The first-order valence-corrected chi connectivity index (χ1v) is 7.48. The summed E-state index contributed by atoms with van der Waals surface area (Å²) in [5.74, 6) is 0. The summed E-state index contributed by atoms with van der Waals surface area (Å²) in [6.45, 7) is 3.06. The molecule has 0 radical (unpaired) electrons. The molecule has 1 saturated heterocycles. The third-order valence-corrected chi connectivity index (χ3v) is 4.21. The van der Waals surface area contributed by atoms with Crippen molar-refractivity contribution in [3.8, 4) is 11.1 Å². The van der Waals surface area contributed by atoms with Crippen molar-refractivity contribution in [1.82, 2.24) is 4.90 Å². The largest absolute Gasteiger partial charge is 0.329 e. The van der Waals surface area contributed by atoms with E-state index in [2.05, 4.69) is 59.5 Å². The van der Waals surface area contributed by atoms with Gasteiger partial charge in [-0.25, -0.2) is 0 Å². The van der Waals surface area contributed by atoms with E-state index in [0.717, 1.165) is 0 Å². The summed E-state index contributed by atoms with van der Waals surface area (Å²) in [4.78, 5) is 2.51. The number of nitrogens with two attached hydrogens (primary N) is 1. The summed E-state index contributed by atoms with van der Waals surface area (Å²) in [5, 5.41) is 0. The molecule has 104 valence electrons. The maximum atomic E-state index is 5.99. The van der Waals surface area contributed by atoms with Crippen LogP contribution in [0.25, 0.3) is 11.1 Å². The molecule has 0 aliphatic carbocycles. The van der Waals surface area contributed by atoms with Crippen molar-refractivity contribution in [2.24, 2.45) is 5.73 Å². The summed E-state index contributed by atoms with van der Waals surface area (Å²) in [5.41, 5.74) is 9.87. The SMILES string of the molecule is NCC(c1ccc(-c2ccccc2)cc1)N1CCCC1. The van der Waals surface area contributed by atoms with Gasteiger partial charge in [-0.05, 0) is 42.6 Å². The molecule has 1 unspecified atom stereocenters. The summed E-state index contributed by atoms with van der Waals surface area (Å²) in [6, 6.07) is 19.8. The zero-order chi connectivity index (χ0) is 13.8. The lowest BCUT2D eigenvalue weighted by Crippen LogP contribution is -2.31. The second kappa shape index (κ2) is 6.21. The number of nitrogens with zero attached hydrogens (tertiary/aromatic N) is 1. The third-order valence-electron chi connectivity index (χ3n) is 4.21. The topological polar surface area (TPSA) is 29.3 Å². The summed E-state index contributed by atoms with van der Waals surface area (Å²) in [7, 11) is 0. The van der Waals surface area contributed by atoms with E-state index in [-0.39, 0.29) is 0 Å². The van der Waals surface area contributed by atoms with Gasteiger partial charge in [-0.2, -0.15) is 0 Å². The Morgan fingerprint density at radius 3 is 2.05 bits per heavy atom. The van der Waals surface area contributed by atoms with Gasteiger partial charge in [0.05, 0.1) is 0 Å². The van der Waals surface area contributed by atoms with Crippen molar-refractivity contribution in [3.63, 3.8) is 0 Å². The highest BCUT2D eigenvalue weighted by molar-refractivity contribution is 5.63. The van der Waals surface area contributed by atoms with Crippen LogP contribution < -0.4 is 5.73 Å². The predicted octanol–water partition coefficient (Wildman–Crippen LogP) is 3.45. The predicted molar refractivity (Wildman–Crippen MR) is 84.5 cm³/mol. The van der Waals surface area contributed by atoms with Crippen molar-refractivity contribution in [2.45, 2.75) is 18.9 Å². The minimum atomic E-state index is 0.377. The van der Waals surface area contributed by atoms with Crippen molar-refractivity contribution in [1.29, 1.82) is 0 Å². The van der Waals surface area contributed by atoms with E-state index in [4.69, 9.17) is 5.73 Å². The third kappa shape index (κ3) is 2.77. The van der Waals surface area contributed by atoms with E-state index >= 15 is 0 Å². The standard InChI is InChI=1S/C18H22N2/c19-14-18(20-12-4-5-13-20)17-10-8-16(9-11-17)15-6-2-1-3-7-15/h1-3,6-11,18H,4-5,12-14,19H2. The van der Waals surface area contributed by atoms with Crippen LogP contribution in [0.15, 0.2) is 54.6 Å². The molecule has 1 atom stereocenters. The Bertz CT molecular complexity index is 527. The molecule has 20 heavy (non-hydrogen) atoms. The Kier molecular flexibility index (Phi) is 4.14. The molecule has 1 aliphatic heterocycles. The van der Waals surface area contributed by atoms with E-state index in [1.54, 1.807) is 0 Å². The summed E-state index contributed by atoms with van der Waals surface area (Å²) in [6.07, 6.45) is 2.61. The molecule has 2 heteroatoms. The van der Waals surface area contributed by atoms with Gasteiger partial charge in [-0.15, -0.1) is 0 Å². The van der Waals surface area contributed by atoms with E-state index < -0.39 is 0 Å². The lowest BCUT2D eigenvalue weighted by molar-refractivity contribution is 0.251. The summed E-state index contributed by atoms with van der Waals surface area (Å²) >= 11 is 0. The van der Waals surface area contributed by atoms with E-state index in [9.17, 15) is 0 Å². The fourth-order valence-corrected chi connectivity index (χ4v) is 3.08. The van der Waals surface area contributed by atoms with Crippen molar-refractivity contribution in [2.75, 3.05) is 19.6 Å². The van der Waals surface area contributed by atoms with Crippen molar-refractivity contribution < 1.29 is 0 Å². The van der Waals surface area contributed by atoms with E-state index in [1.165, 1.54) is 42.6 Å². The Labute approximate surface area is 121 Å². The lowest BCUT2D eigenvalue weighted by atomic mass is 10.00. The molecule has 0 saturated carbocycles. The maximum absolute atomic E-state index is 5.99. The van der Waals surface area contributed by atoms with Crippen LogP contribution in [0, 0.1) is 0 Å². The number of rotatable bonds is 4. The van der Waals surface area contributed by atoms with Gasteiger partial charge in [-0.3, -0.25) is 4.90 Å². The molecule has 2 N–H and O–H groups in total. The first-order valence-electron chi connectivity index (χ1n) is 7.48. The van der Waals surface area contributed by atoms with Crippen LogP contribution in [0.3, 0.4) is 0 Å². The van der Waals surface area contributed by atoms with Crippen LogP contribution >= 0.6 is 0 Å². The Morgan fingerprint density at radius 1 is 0.850 bits per heavy atom. The monoisotopic (exact) mass is 266 g/mol. The molecule has 1 heterocycles. The average molecular weight is 266 g/mol. The normalized spacial score (nSPS) is 17.2. The van der Waals surface area contributed by atoms with Crippen LogP contribution in [0.4, 0.5) is 0 Å². The fraction of sp³-hybridized carbons (Fsp3) is 0.333. The zero-order valence-corrected chi connectivity index (χ0v) is 11.8. The number of likely N-dealkylation sites (tertiary alicyclic amines) is 1. The highest BCUT2D eigenvalue weighted by atomic mass is 15.2. The average Bonchev–Trinajstić information content (AvgIpc) is 3.04. The molecule has 2 aromatic rings. The first kappa shape index (κ1) is 13.3. The van der Waals surface area contributed by atoms with Crippen molar-refractivity contribution >= 4 is 0 Å². The fourth-order valence-electron chi connectivity index (χ4n) is 3.08. The molecule has 0 amide bonds. The van der Waals surface area contributed by atoms with Gasteiger partial charge >= 0.3 is 0 Å². The smallest absolute Gasteiger partial charge is 0.0470 e. The highest BCUT2D eigenvalue weighted by Crippen LogP contribution is 2.26. The molecule has 0 spiro atoms. The molecular formula is C18H22N2. The lowest BCUT2D eigenvalue weighted by Gasteiger charge is -2.26. The molecule has 2 aromatic carbocycles. The second-order valence-electron chi connectivity index (χ2n) is 5.48. The zero-order valence-electron chi connectivity index (χ0n) is 11.8. The van der Waals surface area contributed by atoms with Crippen LogP contribution in [0.5, 0.6) is 0 Å². The number of benzene rings is 2. The quantitative estimate of drug-likeness (QED) is 0.918. The van der Waals surface area contributed by atoms with Crippen LogP contribution in [0.2, 0.25) is 0 Å². The molecule has 1 aliphatic rings. The van der Waals surface area contributed by atoms with Crippen LogP contribution in [-0.2, 0) is 0 Å². The van der Waals surface area contributed by atoms with Gasteiger partial charge < -0.3 is 5.73 Å². The Morgan fingerprint density at radius 2 is 1.45 bits per heavy atom. The summed E-state index contributed by atoms with van der Waals surface area (Å²) < 4.78 is 0. The first-order chi connectivity index (χ1) is 9.88. The van der Waals surface area contributed by atoms with Crippen LogP contribution in [-0.4, -0.2) is 24.5 Å². The number of hydrogen-bond donors (Lipinski definition) is 1.